The minimum atomic E-state index is -0.454. The van der Waals surface area contributed by atoms with E-state index in [-0.39, 0.29) is 17.5 Å². The molecule has 0 aliphatic rings. The van der Waals surface area contributed by atoms with Gasteiger partial charge < -0.3 is 11.1 Å². The van der Waals surface area contributed by atoms with Gasteiger partial charge in [-0.05, 0) is 29.8 Å². The molecular weight excluding hydrogens is 384 g/mol. The van der Waals surface area contributed by atoms with Crippen molar-refractivity contribution in [2.24, 2.45) is 0 Å². The molecule has 1 amide bonds. The van der Waals surface area contributed by atoms with Gasteiger partial charge in [-0.25, -0.2) is 0 Å². The Bertz CT molecular complexity index is 991. The van der Waals surface area contributed by atoms with Crippen LogP contribution in [0.4, 0.5) is 5.82 Å². The van der Waals surface area contributed by atoms with Crippen LogP contribution < -0.4 is 16.6 Å². The zero-order valence-electron chi connectivity index (χ0n) is 14.3. The number of nitrogen functional groups attached to an aromatic ring is 1. The molecule has 0 spiro atoms. The van der Waals surface area contributed by atoms with Gasteiger partial charge in [0.15, 0.2) is 5.16 Å². The highest BCUT2D eigenvalue weighted by Gasteiger charge is 2.12. The van der Waals surface area contributed by atoms with Crippen molar-refractivity contribution < 1.29 is 4.79 Å². The standard InChI is InChI=1S/C19H17ClN4O2S/c20-14-6-8-15(9-7-14)24-16(21)10-17(25)23-19(24)27-12-18(26)22-11-13-4-2-1-3-5-13/h1-10H,11-12,21H2,(H,22,26). The third-order valence-corrected chi connectivity index (χ3v) is 4.87. The fourth-order valence-electron chi connectivity index (χ4n) is 2.40. The van der Waals surface area contributed by atoms with Crippen molar-refractivity contribution in [3.8, 4) is 5.69 Å². The van der Waals surface area contributed by atoms with Crippen molar-refractivity contribution in [2.75, 3.05) is 11.5 Å². The molecule has 138 valence electrons. The minimum Gasteiger partial charge on any atom is -0.385 e. The fraction of sp³-hybridized carbons (Fsp3) is 0.105. The summed E-state index contributed by atoms with van der Waals surface area (Å²) in [5, 5.41) is 3.77. The lowest BCUT2D eigenvalue weighted by molar-refractivity contribution is -0.118. The molecule has 0 fully saturated rings. The van der Waals surface area contributed by atoms with Crippen molar-refractivity contribution >= 4 is 35.1 Å². The van der Waals surface area contributed by atoms with E-state index in [0.717, 1.165) is 17.3 Å². The van der Waals surface area contributed by atoms with Gasteiger partial charge in [-0.3, -0.25) is 14.2 Å². The van der Waals surface area contributed by atoms with Gasteiger partial charge in [-0.1, -0.05) is 53.7 Å². The Kier molecular flexibility index (Phi) is 6.16. The van der Waals surface area contributed by atoms with Crippen molar-refractivity contribution in [2.45, 2.75) is 11.7 Å². The van der Waals surface area contributed by atoms with Crippen LogP contribution in [0.5, 0.6) is 0 Å². The van der Waals surface area contributed by atoms with Crippen LogP contribution in [-0.4, -0.2) is 21.2 Å². The summed E-state index contributed by atoms with van der Waals surface area (Å²) in [4.78, 5) is 27.9. The summed E-state index contributed by atoms with van der Waals surface area (Å²) in [6, 6.07) is 17.8. The van der Waals surface area contributed by atoms with E-state index >= 15 is 0 Å². The molecule has 3 N–H and O–H groups in total. The number of hydrogen-bond acceptors (Lipinski definition) is 5. The number of carbonyl (C=O) groups is 1. The number of halogens is 1. The molecule has 27 heavy (non-hydrogen) atoms. The third-order valence-electron chi connectivity index (χ3n) is 3.68. The number of rotatable bonds is 6. The highest BCUT2D eigenvalue weighted by atomic mass is 35.5. The van der Waals surface area contributed by atoms with Crippen LogP contribution in [-0.2, 0) is 11.3 Å². The Hall–Kier alpha value is -2.77. The number of nitrogens with zero attached hydrogens (tertiary/aromatic N) is 2. The van der Waals surface area contributed by atoms with E-state index in [1.807, 2.05) is 30.3 Å². The molecule has 0 saturated carbocycles. The average molecular weight is 401 g/mol. The van der Waals surface area contributed by atoms with Crippen LogP contribution in [0.1, 0.15) is 5.56 Å². The molecular formula is C19H17ClN4O2S. The first kappa shape index (κ1) is 19.0. The molecule has 2 aromatic carbocycles. The van der Waals surface area contributed by atoms with Gasteiger partial charge in [0.2, 0.25) is 5.91 Å². The van der Waals surface area contributed by atoms with Crippen LogP contribution in [0.15, 0.2) is 70.6 Å². The molecule has 1 aromatic heterocycles. The third kappa shape index (κ3) is 5.12. The number of amides is 1. The number of benzene rings is 2. The van der Waals surface area contributed by atoms with Crippen LogP contribution in [0.25, 0.3) is 5.69 Å². The van der Waals surface area contributed by atoms with Gasteiger partial charge in [-0.2, -0.15) is 4.98 Å². The topological polar surface area (TPSA) is 90.0 Å². The zero-order chi connectivity index (χ0) is 19.2. The lowest BCUT2D eigenvalue weighted by Crippen LogP contribution is -2.25. The van der Waals surface area contributed by atoms with Gasteiger partial charge in [-0.15, -0.1) is 0 Å². The second-order valence-electron chi connectivity index (χ2n) is 5.66. The minimum absolute atomic E-state index is 0.107. The van der Waals surface area contributed by atoms with Gasteiger partial charge >= 0.3 is 0 Å². The number of anilines is 1. The predicted molar refractivity (Wildman–Crippen MR) is 108 cm³/mol. The molecule has 0 unspecified atom stereocenters. The van der Waals surface area contributed by atoms with E-state index in [9.17, 15) is 9.59 Å². The molecule has 0 saturated heterocycles. The number of thioether (sulfide) groups is 1. The highest BCUT2D eigenvalue weighted by molar-refractivity contribution is 7.99. The van der Waals surface area contributed by atoms with Crippen LogP contribution in [0, 0.1) is 0 Å². The number of aromatic nitrogens is 2. The predicted octanol–water partition coefficient (Wildman–Crippen LogP) is 2.88. The summed E-state index contributed by atoms with van der Waals surface area (Å²) < 4.78 is 1.62. The number of nitrogens with two attached hydrogens (primary N) is 1. The van der Waals surface area contributed by atoms with Crippen LogP contribution >= 0.6 is 23.4 Å². The van der Waals surface area contributed by atoms with Crippen LogP contribution in [0.3, 0.4) is 0 Å². The molecule has 8 heteroatoms. The maximum Gasteiger partial charge on any atom is 0.275 e. The summed E-state index contributed by atoms with van der Waals surface area (Å²) in [6.07, 6.45) is 0. The summed E-state index contributed by atoms with van der Waals surface area (Å²) in [6.45, 7) is 0.439. The second kappa shape index (κ2) is 8.75. The molecule has 3 rings (SSSR count). The van der Waals surface area contributed by atoms with Gasteiger partial charge in [0.1, 0.15) is 5.82 Å². The SMILES string of the molecule is Nc1cc(=O)nc(SCC(=O)NCc2ccccc2)n1-c1ccc(Cl)cc1. The van der Waals surface area contributed by atoms with Crippen molar-refractivity contribution in [3.05, 3.63) is 81.6 Å². The number of carbonyl (C=O) groups excluding carboxylic acids is 1. The smallest absolute Gasteiger partial charge is 0.275 e. The largest absolute Gasteiger partial charge is 0.385 e. The molecule has 0 atom stereocenters. The quantitative estimate of drug-likeness (QED) is 0.490. The maximum atomic E-state index is 12.2. The Labute approximate surface area is 165 Å². The van der Waals surface area contributed by atoms with E-state index in [2.05, 4.69) is 10.3 Å². The highest BCUT2D eigenvalue weighted by Crippen LogP contribution is 2.23. The maximum absolute atomic E-state index is 12.2. The first-order chi connectivity index (χ1) is 13.0. The lowest BCUT2D eigenvalue weighted by atomic mass is 10.2. The molecule has 0 bridgehead atoms. The Morgan fingerprint density at radius 2 is 1.85 bits per heavy atom. The van der Waals surface area contributed by atoms with Crippen molar-refractivity contribution in [3.63, 3.8) is 0 Å². The number of hydrogen-bond donors (Lipinski definition) is 2. The van der Waals surface area contributed by atoms with E-state index in [0.29, 0.717) is 22.4 Å². The molecule has 0 aliphatic heterocycles. The number of nitrogens with one attached hydrogen (secondary N) is 1. The van der Waals surface area contributed by atoms with Crippen molar-refractivity contribution in [1.82, 2.24) is 14.9 Å². The van der Waals surface area contributed by atoms with E-state index < -0.39 is 5.56 Å². The Balaban J connectivity index is 1.73. The van der Waals surface area contributed by atoms with Gasteiger partial charge in [0.05, 0.1) is 5.75 Å². The molecule has 0 aliphatic carbocycles. The summed E-state index contributed by atoms with van der Waals surface area (Å²) in [5.74, 6) is 0.184. The second-order valence-corrected chi connectivity index (χ2v) is 7.04. The monoisotopic (exact) mass is 400 g/mol. The fourth-order valence-corrected chi connectivity index (χ4v) is 3.38. The molecule has 0 radical (unpaired) electrons. The van der Waals surface area contributed by atoms with E-state index in [1.165, 1.54) is 6.07 Å². The summed E-state index contributed by atoms with van der Waals surface area (Å²) in [5.41, 5.74) is 7.27. The molecule has 3 aromatic rings. The van der Waals surface area contributed by atoms with E-state index in [4.69, 9.17) is 17.3 Å². The first-order valence-corrected chi connectivity index (χ1v) is 9.48. The Morgan fingerprint density at radius 3 is 2.56 bits per heavy atom. The summed E-state index contributed by atoms with van der Waals surface area (Å²) >= 11 is 7.07. The molecule has 6 nitrogen and oxygen atoms in total. The zero-order valence-corrected chi connectivity index (χ0v) is 15.8. The van der Waals surface area contributed by atoms with Gasteiger partial charge in [0, 0.05) is 23.3 Å². The average Bonchev–Trinajstić information content (AvgIpc) is 2.66. The van der Waals surface area contributed by atoms with Crippen molar-refractivity contribution in [1.29, 1.82) is 0 Å². The normalized spacial score (nSPS) is 10.6. The summed E-state index contributed by atoms with van der Waals surface area (Å²) in [7, 11) is 0. The Morgan fingerprint density at radius 1 is 1.15 bits per heavy atom. The lowest BCUT2D eigenvalue weighted by Gasteiger charge is -2.14. The molecule has 1 heterocycles. The van der Waals surface area contributed by atoms with E-state index in [1.54, 1.807) is 28.8 Å². The van der Waals surface area contributed by atoms with Crippen LogP contribution in [0.2, 0.25) is 5.02 Å². The first-order valence-electron chi connectivity index (χ1n) is 8.12. The van der Waals surface area contributed by atoms with Gasteiger partial charge in [0.25, 0.3) is 5.56 Å².